The van der Waals surface area contributed by atoms with E-state index in [4.69, 9.17) is 9.47 Å². The fourth-order valence-electron chi connectivity index (χ4n) is 4.88. The summed E-state index contributed by atoms with van der Waals surface area (Å²) in [6.07, 6.45) is 3.64. The molecule has 2 saturated heterocycles. The number of sulfonamides is 1. The largest absolute Gasteiger partial charge is 0.493 e. The number of rotatable bonds is 9. The molecular weight excluding hydrogens is 494 g/mol. The maximum absolute atomic E-state index is 12.9. The monoisotopic (exact) mass is 529 g/mol. The molecule has 37 heavy (non-hydrogen) atoms. The number of hydrogen-bond acceptors (Lipinski definition) is 6. The van der Waals surface area contributed by atoms with Gasteiger partial charge in [-0.3, -0.25) is 9.59 Å². The fourth-order valence-corrected chi connectivity index (χ4v) is 6.39. The third-order valence-corrected chi connectivity index (χ3v) is 9.04. The van der Waals surface area contributed by atoms with Crippen LogP contribution in [0.2, 0.25) is 0 Å². The summed E-state index contributed by atoms with van der Waals surface area (Å²) in [5.74, 6) is 0.840. The highest BCUT2D eigenvalue weighted by atomic mass is 32.2. The molecule has 0 spiro atoms. The van der Waals surface area contributed by atoms with Gasteiger partial charge in [0.15, 0.2) is 11.5 Å². The summed E-state index contributed by atoms with van der Waals surface area (Å²) in [6, 6.07) is 12.0. The Balaban J connectivity index is 1.22. The van der Waals surface area contributed by atoms with Gasteiger partial charge in [-0.25, -0.2) is 8.42 Å². The van der Waals surface area contributed by atoms with Gasteiger partial charge in [0.05, 0.1) is 19.1 Å². The number of piperidine rings is 1. The van der Waals surface area contributed by atoms with E-state index in [9.17, 15) is 18.0 Å². The molecule has 1 N–H and O–H groups in total. The highest BCUT2D eigenvalue weighted by Gasteiger charge is 2.29. The summed E-state index contributed by atoms with van der Waals surface area (Å²) >= 11 is 0. The molecule has 0 saturated carbocycles. The molecule has 2 aromatic carbocycles. The average Bonchev–Trinajstić information content (AvgIpc) is 3.49. The van der Waals surface area contributed by atoms with E-state index in [2.05, 4.69) is 5.32 Å². The van der Waals surface area contributed by atoms with Crippen molar-refractivity contribution in [2.45, 2.75) is 37.0 Å². The number of nitrogens with one attached hydrogen (secondary N) is 1. The number of nitrogens with zero attached hydrogens (tertiary/aromatic N) is 2. The Morgan fingerprint density at radius 2 is 1.57 bits per heavy atom. The number of benzene rings is 2. The maximum Gasteiger partial charge on any atom is 0.253 e. The molecule has 2 fully saturated rings. The lowest BCUT2D eigenvalue weighted by Crippen LogP contribution is -2.43. The maximum atomic E-state index is 12.9. The van der Waals surface area contributed by atoms with Crippen LogP contribution >= 0.6 is 0 Å². The molecule has 4 rings (SSSR count). The van der Waals surface area contributed by atoms with Gasteiger partial charge in [0.2, 0.25) is 15.9 Å². The van der Waals surface area contributed by atoms with Crippen molar-refractivity contribution in [1.82, 2.24) is 14.5 Å². The van der Waals surface area contributed by atoms with E-state index in [1.807, 2.05) is 12.1 Å². The van der Waals surface area contributed by atoms with E-state index in [1.165, 1.54) is 11.4 Å². The number of likely N-dealkylation sites (tertiary alicyclic amines) is 1. The van der Waals surface area contributed by atoms with Crippen LogP contribution in [0.5, 0.6) is 11.5 Å². The van der Waals surface area contributed by atoms with E-state index in [0.717, 1.165) is 18.4 Å². The first-order chi connectivity index (χ1) is 17.8. The number of carbonyl (C=O) groups is 2. The summed E-state index contributed by atoms with van der Waals surface area (Å²) in [5, 5.41) is 2.99. The molecule has 10 heteroatoms. The molecule has 2 aromatic rings. The Bertz CT molecular complexity index is 1200. The molecule has 2 heterocycles. The third kappa shape index (κ3) is 6.24. The predicted octanol–water partition coefficient (Wildman–Crippen LogP) is 2.70. The zero-order valence-corrected chi connectivity index (χ0v) is 22.3. The van der Waals surface area contributed by atoms with Crippen LogP contribution in [0.4, 0.5) is 0 Å². The van der Waals surface area contributed by atoms with Crippen LogP contribution in [0.3, 0.4) is 0 Å². The first kappa shape index (κ1) is 26.9. The Hall–Kier alpha value is -3.11. The van der Waals surface area contributed by atoms with Crippen LogP contribution in [-0.4, -0.2) is 76.4 Å². The molecule has 2 aliphatic heterocycles. The number of hydrogen-bond donors (Lipinski definition) is 1. The second-order valence-electron chi connectivity index (χ2n) is 9.43. The fraction of sp³-hybridized carbons (Fsp3) is 0.481. The molecular formula is C27H35N3O6S. The summed E-state index contributed by atoms with van der Waals surface area (Å²) < 4.78 is 37.4. The zero-order valence-electron chi connectivity index (χ0n) is 21.4. The van der Waals surface area contributed by atoms with Crippen molar-refractivity contribution in [2.24, 2.45) is 5.92 Å². The van der Waals surface area contributed by atoms with E-state index < -0.39 is 10.0 Å². The van der Waals surface area contributed by atoms with Crippen molar-refractivity contribution in [1.29, 1.82) is 0 Å². The van der Waals surface area contributed by atoms with E-state index >= 15 is 0 Å². The van der Waals surface area contributed by atoms with Crippen LogP contribution in [0.25, 0.3) is 0 Å². The van der Waals surface area contributed by atoms with Crippen LogP contribution in [0.1, 0.15) is 41.6 Å². The first-order valence-electron chi connectivity index (χ1n) is 12.7. The topological polar surface area (TPSA) is 105 Å². The molecule has 0 aromatic heterocycles. The minimum absolute atomic E-state index is 0.00792. The van der Waals surface area contributed by atoms with E-state index in [0.29, 0.717) is 73.9 Å². The zero-order chi connectivity index (χ0) is 26.4. The van der Waals surface area contributed by atoms with Gasteiger partial charge >= 0.3 is 0 Å². The number of ether oxygens (including phenoxy) is 2. The Morgan fingerprint density at radius 3 is 2.19 bits per heavy atom. The van der Waals surface area contributed by atoms with Crippen LogP contribution < -0.4 is 14.8 Å². The lowest BCUT2D eigenvalue weighted by atomic mass is 9.95. The summed E-state index contributed by atoms with van der Waals surface area (Å²) in [4.78, 5) is 27.7. The van der Waals surface area contributed by atoms with E-state index in [1.54, 1.807) is 42.3 Å². The van der Waals surface area contributed by atoms with Gasteiger partial charge in [0, 0.05) is 44.2 Å². The molecule has 0 aliphatic carbocycles. The van der Waals surface area contributed by atoms with Gasteiger partial charge in [-0.1, -0.05) is 12.1 Å². The first-order valence-corrected chi connectivity index (χ1v) is 14.2. The van der Waals surface area contributed by atoms with Crippen molar-refractivity contribution in [3.8, 4) is 11.5 Å². The molecule has 0 bridgehead atoms. The minimum atomic E-state index is -3.42. The minimum Gasteiger partial charge on any atom is -0.493 e. The SMILES string of the molecule is COc1ccc(C(=O)N2CCC(C(=O)NCCc3ccc(S(=O)(=O)N4CCCC4)cc3)CC2)cc1OC. The van der Waals surface area contributed by atoms with Crippen molar-refractivity contribution in [2.75, 3.05) is 46.9 Å². The Labute approximate surface area is 218 Å². The average molecular weight is 530 g/mol. The highest BCUT2D eigenvalue weighted by molar-refractivity contribution is 7.89. The summed E-state index contributed by atoms with van der Waals surface area (Å²) in [5.41, 5.74) is 1.50. The summed E-state index contributed by atoms with van der Waals surface area (Å²) in [7, 11) is -0.333. The smallest absolute Gasteiger partial charge is 0.253 e. The lowest BCUT2D eigenvalue weighted by Gasteiger charge is -2.31. The van der Waals surface area contributed by atoms with Gasteiger partial charge in [-0.05, 0) is 68.0 Å². The second-order valence-corrected chi connectivity index (χ2v) is 11.4. The molecule has 2 amide bonds. The van der Waals surface area contributed by atoms with Gasteiger partial charge in [0.25, 0.3) is 5.91 Å². The lowest BCUT2D eigenvalue weighted by molar-refractivity contribution is -0.126. The van der Waals surface area contributed by atoms with Gasteiger partial charge in [0.1, 0.15) is 0 Å². The van der Waals surface area contributed by atoms with Crippen LogP contribution in [0, 0.1) is 5.92 Å². The van der Waals surface area contributed by atoms with Crippen molar-refractivity contribution < 1.29 is 27.5 Å². The van der Waals surface area contributed by atoms with Crippen molar-refractivity contribution in [3.05, 3.63) is 53.6 Å². The molecule has 2 aliphatic rings. The number of amides is 2. The normalized spacial score (nSPS) is 17.0. The van der Waals surface area contributed by atoms with Crippen LogP contribution in [-0.2, 0) is 21.2 Å². The molecule has 0 radical (unpaired) electrons. The quantitative estimate of drug-likeness (QED) is 0.536. The third-order valence-electron chi connectivity index (χ3n) is 7.12. The predicted molar refractivity (Wildman–Crippen MR) is 139 cm³/mol. The second kappa shape index (κ2) is 12.0. The molecule has 9 nitrogen and oxygen atoms in total. The van der Waals surface area contributed by atoms with Crippen LogP contribution in [0.15, 0.2) is 47.4 Å². The van der Waals surface area contributed by atoms with E-state index in [-0.39, 0.29) is 17.7 Å². The standard InChI is InChI=1S/C27H35N3O6S/c1-35-24-10-7-22(19-25(24)36-2)27(32)29-17-12-21(13-18-29)26(31)28-14-11-20-5-8-23(9-6-20)37(33,34)30-15-3-4-16-30/h5-10,19,21H,3-4,11-18H2,1-2H3,(H,28,31). The Morgan fingerprint density at radius 1 is 0.919 bits per heavy atom. The highest BCUT2D eigenvalue weighted by Crippen LogP contribution is 2.29. The number of methoxy groups -OCH3 is 2. The van der Waals surface area contributed by atoms with Crippen molar-refractivity contribution >= 4 is 21.8 Å². The number of carbonyl (C=O) groups excluding carboxylic acids is 2. The van der Waals surface area contributed by atoms with Gasteiger partial charge < -0.3 is 19.7 Å². The molecule has 0 atom stereocenters. The molecule has 200 valence electrons. The summed E-state index contributed by atoms with van der Waals surface area (Å²) in [6.45, 7) is 2.66. The van der Waals surface area contributed by atoms with Crippen molar-refractivity contribution in [3.63, 3.8) is 0 Å². The van der Waals surface area contributed by atoms with Gasteiger partial charge in [-0.2, -0.15) is 4.31 Å². The Kier molecular flexibility index (Phi) is 8.71. The molecule has 0 unspecified atom stereocenters. The van der Waals surface area contributed by atoms with Gasteiger partial charge in [-0.15, -0.1) is 0 Å².